The van der Waals surface area contributed by atoms with Crippen molar-refractivity contribution in [2.75, 3.05) is 7.11 Å². The van der Waals surface area contributed by atoms with Crippen LogP contribution in [0.5, 0.6) is 5.88 Å². The molecule has 2 aromatic carbocycles. The average molecular weight is 398 g/mol. The van der Waals surface area contributed by atoms with E-state index in [-0.39, 0.29) is 16.8 Å². The van der Waals surface area contributed by atoms with E-state index in [9.17, 15) is 9.59 Å². The maximum absolute atomic E-state index is 13.2. The number of rotatable bonds is 5. The molecule has 5 heteroatoms. The Bertz CT molecular complexity index is 1320. The van der Waals surface area contributed by atoms with Crippen LogP contribution in [0.4, 0.5) is 0 Å². The summed E-state index contributed by atoms with van der Waals surface area (Å²) in [5.41, 5.74) is 4.05. The SMILES string of the molecule is COc1cccc(Cn2cc(C(=O)c3ccc(C)c(C)c3)c(=O)c3ccccc32)n1. The van der Waals surface area contributed by atoms with E-state index in [0.29, 0.717) is 23.4 Å². The number of nitrogens with zero attached hydrogens (tertiary/aromatic N) is 2. The quantitative estimate of drug-likeness (QED) is 0.470. The molecular weight excluding hydrogens is 376 g/mol. The molecule has 0 saturated carbocycles. The van der Waals surface area contributed by atoms with Gasteiger partial charge in [0.05, 0.1) is 30.4 Å². The van der Waals surface area contributed by atoms with Crippen molar-refractivity contribution < 1.29 is 9.53 Å². The van der Waals surface area contributed by atoms with Gasteiger partial charge in [-0.2, -0.15) is 0 Å². The van der Waals surface area contributed by atoms with Crippen molar-refractivity contribution in [3.63, 3.8) is 0 Å². The number of para-hydroxylation sites is 1. The minimum atomic E-state index is -0.277. The van der Waals surface area contributed by atoms with Gasteiger partial charge in [0.25, 0.3) is 0 Å². The Kier molecular flexibility index (Phi) is 5.19. The molecule has 0 aliphatic heterocycles. The highest BCUT2D eigenvalue weighted by molar-refractivity contribution is 6.10. The molecule has 30 heavy (non-hydrogen) atoms. The number of pyridine rings is 2. The van der Waals surface area contributed by atoms with Crippen LogP contribution in [0.3, 0.4) is 0 Å². The first-order valence-electron chi connectivity index (χ1n) is 9.72. The fourth-order valence-corrected chi connectivity index (χ4v) is 3.51. The summed E-state index contributed by atoms with van der Waals surface area (Å²) in [7, 11) is 1.57. The number of fused-ring (bicyclic) bond motifs is 1. The molecular formula is C25H22N2O3. The summed E-state index contributed by atoms with van der Waals surface area (Å²) in [5.74, 6) is 0.241. The largest absolute Gasteiger partial charge is 0.481 e. The van der Waals surface area contributed by atoms with Crippen molar-refractivity contribution in [1.29, 1.82) is 0 Å². The molecule has 0 aliphatic rings. The van der Waals surface area contributed by atoms with Gasteiger partial charge in [0.1, 0.15) is 0 Å². The number of benzene rings is 2. The van der Waals surface area contributed by atoms with Gasteiger partial charge in [-0.25, -0.2) is 4.98 Å². The van der Waals surface area contributed by atoms with E-state index in [4.69, 9.17) is 4.74 Å². The van der Waals surface area contributed by atoms with Crippen LogP contribution in [-0.4, -0.2) is 22.4 Å². The van der Waals surface area contributed by atoms with Gasteiger partial charge >= 0.3 is 0 Å². The minimum Gasteiger partial charge on any atom is -0.481 e. The first-order chi connectivity index (χ1) is 14.5. The molecule has 2 heterocycles. The molecule has 0 spiro atoms. The van der Waals surface area contributed by atoms with Crippen molar-refractivity contribution in [2.45, 2.75) is 20.4 Å². The predicted octanol–water partition coefficient (Wildman–Crippen LogP) is 4.30. The second-order valence-electron chi connectivity index (χ2n) is 7.32. The fraction of sp³-hybridized carbons (Fsp3) is 0.160. The van der Waals surface area contributed by atoms with Crippen LogP contribution in [0.2, 0.25) is 0 Å². The van der Waals surface area contributed by atoms with Gasteiger partial charge in [-0.1, -0.05) is 30.3 Å². The van der Waals surface area contributed by atoms with E-state index in [0.717, 1.165) is 22.3 Å². The minimum absolute atomic E-state index is 0.153. The van der Waals surface area contributed by atoms with Gasteiger partial charge in [-0.15, -0.1) is 0 Å². The highest BCUT2D eigenvalue weighted by Gasteiger charge is 2.18. The Morgan fingerprint density at radius 2 is 1.80 bits per heavy atom. The monoisotopic (exact) mass is 398 g/mol. The molecule has 4 aromatic rings. The van der Waals surface area contributed by atoms with E-state index >= 15 is 0 Å². The maximum atomic E-state index is 13.2. The van der Waals surface area contributed by atoms with Crippen LogP contribution in [0.25, 0.3) is 10.9 Å². The second-order valence-corrected chi connectivity index (χ2v) is 7.32. The van der Waals surface area contributed by atoms with Crippen molar-refractivity contribution in [1.82, 2.24) is 9.55 Å². The summed E-state index contributed by atoms with van der Waals surface area (Å²) in [4.78, 5) is 30.8. The van der Waals surface area contributed by atoms with Crippen LogP contribution in [0.15, 0.2) is 71.7 Å². The molecule has 0 fully saturated rings. The third-order valence-electron chi connectivity index (χ3n) is 5.32. The molecule has 0 amide bonds. The topological polar surface area (TPSA) is 61.2 Å². The first kappa shape index (κ1) is 19.6. The van der Waals surface area contributed by atoms with E-state index in [1.54, 1.807) is 31.5 Å². The normalized spacial score (nSPS) is 10.9. The van der Waals surface area contributed by atoms with Gasteiger partial charge in [-0.05, 0) is 49.2 Å². The highest BCUT2D eigenvalue weighted by Crippen LogP contribution is 2.18. The molecule has 150 valence electrons. The lowest BCUT2D eigenvalue weighted by Crippen LogP contribution is -2.20. The summed E-state index contributed by atoms with van der Waals surface area (Å²) in [6.45, 7) is 4.36. The first-order valence-corrected chi connectivity index (χ1v) is 9.72. The summed E-state index contributed by atoms with van der Waals surface area (Å²) in [6.07, 6.45) is 1.64. The lowest BCUT2D eigenvalue weighted by atomic mass is 9.99. The zero-order valence-electron chi connectivity index (χ0n) is 17.2. The molecule has 5 nitrogen and oxygen atoms in total. The van der Waals surface area contributed by atoms with Crippen LogP contribution >= 0.6 is 0 Å². The van der Waals surface area contributed by atoms with Crippen LogP contribution in [0, 0.1) is 13.8 Å². The van der Waals surface area contributed by atoms with Crippen LogP contribution < -0.4 is 10.2 Å². The number of methoxy groups -OCH3 is 1. The number of hydrogen-bond donors (Lipinski definition) is 0. The van der Waals surface area contributed by atoms with Crippen molar-refractivity contribution in [3.8, 4) is 5.88 Å². The average Bonchev–Trinajstić information content (AvgIpc) is 2.77. The number of ether oxygens (including phenoxy) is 1. The van der Waals surface area contributed by atoms with Crippen LogP contribution in [0.1, 0.15) is 32.7 Å². The smallest absolute Gasteiger partial charge is 0.213 e. The number of aromatic nitrogens is 2. The Morgan fingerprint density at radius 1 is 1.00 bits per heavy atom. The number of hydrogen-bond acceptors (Lipinski definition) is 4. The molecule has 2 aromatic heterocycles. The molecule has 0 saturated heterocycles. The molecule has 0 radical (unpaired) electrons. The number of carbonyl (C=O) groups excluding carboxylic acids is 1. The number of ketones is 1. The zero-order valence-corrected chi connectivity index (χ0v) is 17.2. The molecule has 0 atom stereocenters. The summed E-state index contributed by atoms with van der Waals surface area (Å²) in [5, 5.41) is 0.509. The lowest BCUT2D eigenvalue weighted by Gasteiger charge is -2.14. The number of aryl methyl sites for hydroxylation is 2. The van der Waals surface area contributed by atoms with E-state index < -0.39 is 0 Å². The highest BCUT2D eigenvalue weighted by atomic mass is 16.5. The van der Waals surface area contributed by atoms with Crippen LogP contribution in [-0.2, 0) is 6.54 Å². The van der Waals surface area contributed by atoms with Gasteiger partial charge in [-0.3, -0.25) is 9.59 Å². The van der Waals surface area contributed by atoms with E-state index in [2.05, 4.69) is 4.98 Å². The Morgan fingerprint density at radius 3 is 2.57 bits per heavy atom. The van der Waals surface area contributed by atoms with Crippen molar-refractivity contribution in [3.05, 3.63) is 105 Å². The molecule has 0 unspecified atom stereocenters. The standard InChI is InChI=1S/C25H22N2O3/c1-16-11-12-18(13-17(16)2)24(28)21-15-27(14-19-7-6-10-23(26-19)30-3)22-9-5-4-8-20(22)25(21)29/h4-13,15H,14H2,1-3H3. The van der Waals surface area contributed by atoms with Gasteiger partial charge in [0, 0.05) is 23.2 Å². The lowest BCUT2D eigenvalue weighted by molar-refractivity contribution is 0.103. The third-order valence-corrected chi connectivity index (χ3v) is 5.32. The molecule has 0 aliphatic carbocycles. The second kappa shape index (κ2) is 7.95. The van der Waals surface area contributed by atoms with E-state index in [1.807, 2.05) is 60.9 Å². The Labute approximate surface area is 174 Å². The maximum Gasteiger partial charge on any atom is 0.213 e. The van der Waals surface area contributed by atoms with Crippen molar-refractivity contribution >= 4 is 16.7 Å². The van der Waals surface area contributed by atoms with Gasteiger partial charge in [0.2, 0.25) is 11.3 Å². The summed E-state index contributed by atoms with van der Waals surface area (Å²) < 4.78 is 7.11. The van der Waals surface area contributed by atoms with Crippen molar-refractivity contribution in [2.24, 2.45) is 0 Å². The number of carbonyl (C=O) groups is 1. The third kappa shape index (κ3) is 3.62. The van der Waals surface area contributed by atoms with Gasteiger partial charge < -0.3 is 9.30 Å². The Hall–Kier alpha value is -3.73. The fourth-order valence-electron chi connectivity index (χ4n) is 3.51. The zero-order chi connectivity index (χ0) is 21.3. The molecule has 4 rings (SSSR count). The molecule has 0 N–H and O–H groups in total. The predicted molar refractivity (Wildman–Crippen MR) is 117 cm³/mol. The van der Waals surface area contributed by atoms with Gasteiger partial charge in [0.15, 0.2) is 5.78 Å². The van der Waals surface area contributed by atoms with E-state index in [1.165, 1.54) is 0 Å². The summed E-state index contributed by atoms with van der Waals surface area (Å²) in [6, 6.07) is 18.4. The Balaban J connectivity index is 1.86. The molecule has 0 bridgehead atoms. The summed E-state index contributed by atoms with van der Waals surface area (Å²) >= 11 is 0.